The molecule has 1 unspecified atom stereocenters. The molecule has 5 rings (SSSR count). The van der Waals surface area contributed by atoms with Gasteiger partial charge in [-0.25, -0.2) is 0 Å². The smallest absolute Gasteiger partial charge is 0.119 e. The van der Waals surface area contributed by atoms with Crippen LogP contribution < -0.4 is 10.1 Å². The average molecular weight is 398 g/mol. The van der Waals surface area contributed by atoms with E-state index in [1.165, 1.54) is 43.1 Å². The zero-order valence-corrected chi connectivity index (χ0v) is 17.4. The van der Waals surface area contributed by atoms with E-state index in [9.17, 15) is 0 Å². The first-order chi connectivity index (χ1) is 14.2. The summed E-state index contributed by atoms with van der Waals surface area (Å²) in [5, 5.41) is 6.06. The summed E-state index contributed by atoms with van der Waals surface area (Å²) in [5.74, 6) is 1.25. The fourth-order valence-electron chi connectivity index (χ4n) is 3.89. The first-order valence-electron chi connectivity index (χ1n) is 10.1. The van der Waals surface area contributed by atoms with Crippen LogP contribution in [-0.4, -0.2) is 6.61 Å². The molecule has 4 aromatic carbocycles. The van der Waals surface area contributed by atoms with E-state index in [2.05, 4.69) is 91.1 Å². The molecule has 0 saturated carbocycles. The van der Waals surface area contributed by atoms with Gasteiger partial charge in [0.25, 0.3) is 0 Å². The summed E-state index contributed by atoms with van der Waals surface area (Å²) in [4.78, 5) is 2.56. The van der Waals surface area contributed by atoms with Crippen molar-refractivity contribution in [2.75, 3.05) is 11.9 Å². The minimum atomic E-state index is 0.320. The van der Waals surface area contributed by atoms with Crippen molar-refractivity contribution in [1.29, 1.82) is 0 Å². The van der Waals surface area contributed by atoms with Crippen LogP contribution in [-0.2, 0) is 0 Å². The van der Waals surface area contributed by atoms with Gasteiger partial charge in [-0.3, -0.25) is 0 Å². The highest BCUT2D eigenvalue weighted by atomic mass is 32.2. The fourth-order valence-corrected chi connectivity index (χ4v) is 4.86. The molecule has 29 heavy (non-hydrogen) atoms. The van der Waals surface area contributed by atoms with Gasteiger partial charge in [0.1, 0.15) is 5.75 Å². The van der Waals surface area contributed by atoms with Crippen LogP contribution in [0.25, 0.3) is 10.8 Å². The summed E-state index contributed by atoms with van der Waals surface area (Å²) >= 11 is 1.83. The summed E-state index contributed by atoms with van der Waals surface area (Å²) in [6.07, 6.45) is 0. The van der Waals surface area contributed by atoms with E-state index in [0.29, 0.717) is 12.5 Å². The van der Waals surface area contributed by atoms with E-state index in [-0.39, 0.29) is 0 Å². The molecule has 1 N–H and O–H groups in total. The molecular formula is C26H23NOS. The van der Waals surface area contributed by atoms with Gasteiger partial charge in [-0.1, -0.05) is 61.2 Å². The minimum absolute atomic E-state index is 0.320. The molecule has 1 heterocycles. The molecule has 3 heteroatoms. The second-order valence-corrected chi connectivity index (χ2v) is 8.49. The Balaban J connectivity index is 1.45. The van der Waals surface area contributed by atoms with Crippen molar-refractivity contribution in [3.05, 3.63) is 90.0 Å². The zero-order valence-electron chi connectivity index (χ0n) is 16.6. The number of benzene rings is 4. The van der Waals surface area contributed by atoms with Gasteiger partial charge in [0.2, 0.25) is 0 Å². The number of para-hydroxylation sites is 1. The molecule has 0 fully saturated rings. The van der Waals surface area contributed by atoms with Gasteiger partial charge in [0.15, 0.2) is 0 Å². The third kappa shape index (κ3) is 3.47. The normalized spacial score (nSPS) is 13.3. The number of rotatable bonds is 4. The molecule has 0 aromatic heterocycles. The number of ether oxygens (including phenoxy) is 1. The Kier molecular flexibility index (Phi) is 4.69. The number of hydrogen-bond acceptors (Lipinski definition) is 3. The monoisotopic (exact) mass is 397 g/mol. The zero-order chi connectivity index (χ0) is 19.8. The van der Waals surface area contributed by atoms with Crippen molar-refractivity contribution in [2.45, 2.75) is 29.6 Å². The van der Waals surface area contributed by atoms with Crippen molar-refractivity contribution < 1.29 is 4.74 Å². The maximum absolute atomic E-state index is 5.63. The van der Waals surface area contributed by atoms with Crippen molar-refractivity contribution >= 4 is 33.9 Å². The maximum atomic E-state index is 5.63. The molecule has 0 bridgehead atoms. The lowest BCUT2D eigenvalue weighted by molar-refractivity contribution is 0.341. The van der Waals surface area contributed by atoms with E-state index in [1.54, 1.807) is 0 Å². The van der Waals surface area contributed by atoms with Crippen LogP contribution in [0, 0.1) is 0 Å². The van der Waals surface area contributed by atoms with E-state index in [1.807, 2.05) is 18.7 Å². The van der Waals surface area contributed by atoms with Crippen molar-refractivity contribution in [2.24, 2.45) is 0 Å². The van der Waals surface area contributed by atoms with Crippen LogP contribution in [0.1, 0.15) is 30.9 Å². The Bertz CT molecular complexity index is 1200. The molecule has 0 spiro atoms. The fraction of sp³-hybridized carbons (Fsp3) is 0.154. The van der Waals surface area contributed by atoms with Gasteiger partial charge in [-0.05, 0) is 65.2 Å². The van der Waals surface area contributed by atoms with Crippen molar-refractivity contribution in [3.8, 4) is 5.75 Å². The SMILES string of the molecule is CCOc1ccc2cc(C(C)c3ccc4c(c3)Nc3ccccc3S4)ccc2c1. The lowest BCUT2D eigenvalue weighted by Crippen LogP contribution is -2.02. The third-order valence-electron chi connectivity index (χ3n) is 5.53. The molecular weight excluding hydrogens is 374 g/mol. The van der Waals surface area contributed by atoms with Crippen molar-refractivity contribution in [1.82, 2.24) is 0 Å². The predicted octanol–water partition coefficient (Wildman–Crippen LogP) is 7.60. The lowest BCUT2D eigenvalue weighted by Gasteiger charge is -2.23. The van der Waals surface area contributed by atoms with Crippen LogP contribution in [0.2, 0.25) is 0 Å². The molecule has 1 atom stereocenters. The number of fused-ring (bicyclic) bond motifs is 3. The highest BCUT2D eigenvalue weighted by Gasteiger charge is 2.17. The van der Waals surface area contributed by atoms with Crippen LogP contribution in [0.5, 0.6) is 5.75 Å². The Hall–Kier alpha value is -2.91. The summed E-state index contributed by atoms with van der Waals surface area (Å²) in [6, 6.07) is 28.3. The average Bonchev–Trinajstić information content (AvgIpc) is 2.76. The number of anilines is 2. The minimum Gasteiger partial charge on any atom is -0.494 e. The highest BCUT2D eigenvalue weighted by molar-refractivity contribution is 7.99. The van der Waals surface area contributed by atoms with Gasteiger partial charge in [0.05, 0.1) is 18.0 Å². The van der Waals surface area contributed by atoms with Gasteiger partial charge in [-0.15, -0.1) is 0 Å². The highest BCUT2D eigenvalue weighted by Crippen LogP contribution is 2.45. The second-order valence-electron chi connectivity index (χ2n) is 7.40. The lowest BCUT2D eigenvalue weighted by atomic mass is 9.91. The van der Waals surface area contributed by atoms with Crippen LogP contribution in [0.4, 0.5) is 11.4 Å². The molecule has 0 saturated heterocycles. The largest absolute Gasteiger partial charge is 0.494 e. The van der Waals surface area contributed by atoms with Crippen LogP contribution >= 0.6 is 11.8 Å². The maximum Gasteiger partial charge on any atom is 0.119 e. The summed E-state index contributed by atoms with van der Waals surface area (Å²) < 4.78 is 5.63. The van der Waals surface area contributed by atoms with E-state index >= 15 is 0 Å². The van der Waals surface area contributed by atoms with Gasteiger partial charge < -0.3 is 10.1 Å². The number of nitrogens with one attached hydrogen (secondary N) is 1. The van der Waals surface area contributed by atoms with Crippen LogP contribution in [0.15, 0.2) is 88.7 Å². The van der Waals surface area contributed by atoms with Crippen molar-refractivity contribution in [3.63, 3.8) is 0 Å². The van der Waals surface area contributed by atoms with E-state index in [4.69, 9.17) is 4.74 Å². The van der Waals surface area contributed by atoms with Crippen LogP contribution in [0.3, 0.4) is 0 Å². The topological polar surface area (TPSA) is 21.3 Å². The summed E-state index contributed by atoms with van der Waals surface area (Å²) in [6.45, 7) is 4.98. The quantitative estimate of drug-likeness (QED) is 0.337. The Morgan fingerprint density at radius 3 is 2.41 bits per heavy atom. The molecule has 1 aliphatic rings. The molecule has 0 radical (unpaired) electrons. The molecule has 1 aliphatic heterocycles. The Morgan fingerprint density at radius 1 is 0.793 bits per heavy atom. The predicted molar refractivity (Wildman–Crippen MR) is 123 cm³/mol. The second kappa shape index (κ2) is 7.49. The Labute approximate surface area is 175 Å². The van der Waals surface area contributed by atoms with Gasteiger partial charge >= 0.3 is 0 Å². The Morgan fingerprint density at radius 2 is 1.52 bits per heavy atom. The molecule has 4 aromatic rings. The van der Waals surface area contributed by atoms with Gasteiger partial charge in [0, 0.05) is 15.7 Å². The number of hydrogen-bond donors (Lipinski definition) is 1. The van der Waals surface area contributed by atoms with Gasteiger partial charge in [-0.2, -0.15) is 0 Å². The standard InChI is InChI=1S/C26H23NOS/c1-3-28-22-12-10-20-14-18(8-9-21(20)15-22)17(2)19-11-13-26-24(16-19)27-23-6-4-5-7-25(23)29-26/h4-17,27H,3H2,1-2H3. The molecule has 0 aliphatic carbocycles. The summed E-state index contributed by atoms with van der Waals surface area (Å²) in [7, 11) is 0. The third-order valence-corrected chi connectivity index (χ3v) is 6.68. The molecule has 2 nitrogen and oxygen atoms in total. The molecule has 144 valence electrons. The van der Waals surface area contributed by atoms with E-state index < -0.39 is 0 Å². The first kappa shape index (κ1) is 18.1. The van der Waals surface area contributed by atoms with E-state index in [0.717, 1.165) is 5.75 Å². The molecule has 0 amide bonds. The first-order valence-corrected chi connectivity index (χ1v) is 10.9. The summed E-state index contributed by atoms with van der Waals surface area (Å²) in [5.41, 5.74) is 5.03.